The maximum absolute atomic E-state index is 10.1. The Hall–Kier alpha value is -1.03. The van der Waals surface area contributed by atoms with E-state index in [9.17, 15) is 4.79 Å². The molecule has 1 fully saturated rings. The Morgan fingerprint density at radius 2 is 2.31 bits per heavy atom. The van der Waals surface area contributed by atoms with E-state index in [0.29, 0.717) is 6.41 Å². The van der Waals surface area contributed by atoms with Crippen LogP contribution >= 0.6 is 0 Å². The van der Waals surface area contributed by atoms with Gasteiger partial charge in [-0.05, 0) is 6.54 Å². The fourth-order valence-electron chi connectivity index (χ4n) is 1.42. The van der Waals surface area contributed by atoms with Crippen molar-refractivity contribution in [3.8, 4) is 0 Å². The summed E-state index contributed by atoms with van der Waals surface area (Å²) in [6, 6.07) is 0. The lowest BCUT2D eigenvalue weighted by Crippen LogP contribution is -2.43. The Bertz CT molecular complexity index is 203. The van der Waals surface area contributed by atoms with Crippen LogP contribution in [0.1, 0.15) is 6.92 Å². The standard InChI is InChI=1S/C9H17N3O/c1-3-12-5-4-11(2)9(7-12)6-10-8-13/h6,8H,3-5,7H2,1-2H3,(H,10,13)/b9-6-. The van der Waals surface area contributed by atoms with E-state index in [2.05, 4.69) is 22.0 Å². The van der Waals surface area contributed by atoms with Gasteiger partial charge in [-0.3, -0.25) is 9.69 Å². The van der Waals surface area contributed by atoms with Gasteiger partial charge in [0.15, 0.2) is 0 Å². The lowest BCUT2D eigenvalue weighted by molar-refractivity contribution is -0.108. The summed E-state index contributed by atoms with van der Waals surface area (Å²) in [5.74, 6) is 0. The van der Waals surface area contributed by atoms with Crippen LogP contribution in [0.2, 0.25) is 0 Å². The average molecular weight is 183 g/mol. The molecular formula is C9H17N3O. The van der Waals surface area contributed by atoms with E-state index in [1.165, 1.54) is 5.70 Å². The van der Waals surface area contributed by atoms with Crippen LogP contribution in [0.15, 0.2) is 11.9 Å². The Labute approximate surface area is 79.2 Å². The number of piperazine rings is 1. The molecule has 1 aliphatic rings. The number of carbonyl (C=O) groups is 1. The van der Waals surface area contributed by atoms with E-state index in [-0.39, 0.29) is 0 Å². The first-order chi connectivity index (χ1) is 6.27. The molecule has 0 radical (unpaired) electrons. The monoisotopic (exact) mass is 183 g/mol. The molecule has 1 aliphatic heterocycles. The molecule has 1 amide bonds. The number of rotatable bonds is 3. The highest BCUT2D eigenvalue weighted by Crippen LogP contribution is 2.09. The number of hydrogen-bond acceptors (Lipinski definition) is 3. The third-order valence-electron chi connectivity index (χ3n) is 2.39. The second-order valence-corrected chi connectivity index (χ2v) is 3.21. The van der Waals surface area contributed by atoms with E-state index >= 15 is 0 Å². The molecule has 4 heteroatoms. The minimum absolute atomic E-state index is 0.700. The molecule has 13 heavy (non-hydrogen) atoms. The van der Waals surface area contributed by atoms with Gasteiger partial charge in [0.25, 0.3) is 0 Å². The predicted molar refractivity (Wildman–Crippen MR) is 52.0 cm³/mol. The maximum Gasteiger partial charge on any atom is 0.211 e. The van der Waals surface area contributed by atoms with Crippen molar-refractivity contribution in [2.45, 2.75) is 6.92 Å². The lowest BCUT2D eigenvalue weighted by Gasteiger charge is -2.35. The summed E-state index contributed by atoms with van der Waals surface area (Å²) in [6.45, 7) is 6.27. The zero-order valence-corrected chi connectivity index (χ0v) is 8.29. The summed E-state index contributed by atoms with van der Waals surface area (Å²) < 4.78 is 0. The highest BCUT2D eigenvalue weighted by atomic mass is 16.1. The molecule has 1 heterocycles. The van der Waals surface area contributed by atoms with Crippen molar-refractivity contribution in [1.82, 2.24) is 15.1 Å². The quantitative estimate of drug-likeness (QED) is 0.618. The molecular weight excluding hydrogens is 166 g/mol. The summed E-state index contributed by atoms with van der Waals surface area (Å²) in [5, 5.41) is 2.58. The van der Waals surface area contributed by atoms with Gasteiger partial charge in [-0.1, -0.05) is 6.92 Å². The average Bonchev–Trinajstić information content (AvgIpc) is 2.17. The summed E-state index contributed by atoms with van der Waals surface area (Å²) >= 11 is 0. The number of hydrogen-bond donors (Lipinski definition) is 1. The summed E-state index contributed by atoms with van der Waals surface area (Å²) in [4.78, 5) is 14.6. The Morgan fingerprint density at radius 1 is 1.54 bits per heavy atom. The summed E-state index contributed by atoms with van der Waals surface area (Å²) in [7, 11) is 2.05. The number of likely N-dealkylation sites (N-methyl/N-ethyl adjacent to an activating group) is 2. The Morgan fingerprint density at radius 3 is 2.92 bits per heavy atom. The molecule has 0 aromatic heterocycles. The molecule has 0 aromatic carbocycles. The number of carbonyl (C=O) groups excluding carboxylic acids is 1. The third-order valence-corrected chi connectivity index (χ3v) is 2.39. The van der Waals surface area contributed by atoms with Gasteiger partial charge in [0.2, 0.25) is 6.41 Å². The number of amides is 1. The van der Waals surface area contributed by atoms with Crippen molar-refractivity contribution >= 4 is 6.41 Å². The van der Waals surface area contributed by atoms with Gasteiger partial charge in [-0.15, -0.1) is 0 Å². The maximum atomic E-state index is 10.1. The molecule has 0 spiro atoms. The van der Waals surface area contributed by atoms with Crippen LogP contribution in [0.5, 0.6) is 0 Å². The first-order valence-electron chi connectivity index (χ1n) is 4.60. The smallest absolute Gasteiger partial charge is 0.211 e. The highest BCUT2D eigenvalue weighted by Gasteiger charge is 2.15. The van der Waals surface area contributed by atoms with Crippen LogP contribution in [0, 0.1) is 0 Å². The van der Waals surface area contributed by atoms with Crippen LogP contribution in [0.4, 0.5) is 0 Å². The fraction of sp³-hybridized carbons (Fsp3) is 0.667. The fourth-order valence-corrected chi connectivity index (χ4v) is 1.42. The zero-order valence-electron chi connectivity index (χ0n) is 8.29. The van der Waals surface area contributed by atoms with Gasteiger partial charge in [-0.2, -0.15) is 0 Å². The van der Waals surface area contributed by atoms with Crippen LogP contribution in [-0.2, 0) is 4.79 Å². The zero-order chi connectivity index (χ0) is 9.68. The largest absolute Gasteiger partial charge is 0.374 e. The molecule has 1 rings (SSSR count). The molecule has 0 aromatic rings. The molecule has 1 saturated heterocycles. The Balaban J connectivity index is 2.53. The summed E-state index contributed by atoms with van der Waals surface area (Å²) in [6.07, 6.45) is 2.47. The second-order valence-electron chi connectivity index (χ2n) is 3.21. The SMILES string of the molecule is CCN1CCN(C)/C(=C\NC=O)C1. The molecule has 0 bridgehead atoms. The van der Waals surface area contributed by atoms with E-state index in [4.69, 9.17) is 0 Å². The predicted octanol–water partition coefficient (Wildman–Crippen LogP) is -0.159. The Kier molecular flexibility index (Phi) is 3.76. The van der Waals surface area contributed by atoms with Gasteiger partial charge in [0.05, 0.1) is 0 Å². The van der Waals surface area contributed by atoms with Crippen molar-refractivity contribution in [3.05, 3.63) is 11.9 Å². The van der Waals surface area contributed by atoms with Gasteiger partial charge >= 0.3 is 0 Å². The van der Waals surface area contributed by atoms with Crippen molar-refractivity contribution in [2.75, 3.05) is 33.2 Å². The first-order valence-corrected chi connectivity index (χ1v) is 4.60. The van der Waals surface area contributed by atoms with Crippen molar-refractivity contribution in [2.24, 2.45) is 0 Å². The van der Waals surface area contributed by atoms with Gasteiger partial charge in [-0.25, -0.2) is 0 Å². The minimum atomic E-state index is 0.700. The van der Waals surface area contributed by atoms with Crippen molar-refractivity contribution < 1.29 is 4.79 Å². The van der Waals surface area contributed by atoms with Gasteiger partial charge in [0, 0.05) is 38.6 Å². The normalized spacial score (nSPS) is 22.0. The second kappa shape index (κ2) is 4.87. The van der Waals surface area contributed by atoms with Crippen LogP contribution in [0.25, 0.3) is 0 Å². The molecule has 0 atom stereocenters. The lowest BCUT2D eigenvalue weighted by atomic mass is 10.3. The minimum Gasteiger partial charge on any atom is -0.374 e. The van der Waals surface area contributed by atoms with Gasteiger partial charge in [0.1, 0.15) is 0 Å². The first kappa shape index (κ1) is 10.1. The van der Waals surface area contributed by atoms with Crippen LogP contribution in [-0.4, -0.2) is 49.4 Å². The number of nitrogens with one attached hydrogen (secondary N) is 1. The van der Waals surface area contributed by atoms with E-state index in [0.717, 1.165) is 26.2 Å². The van der Waals surface area contributed by atoms with Crippen LogP contribution in [0.3, 0.4) is 0 Å². The van der Waals surface area contributed by atoms with Crippen molar-refractivity contribution in [1.29, 1.82) is 0 Å². The van der Waals surface area contributed by atoms with Crippen LogP contribution < -0.4 is 5.32 Å². The molecule has 4 nitrogen and oxygen atoms in total. The molecule has 1 N–H and O–H groups in total. The van der Waals surface area contributed by atoms with Gasteiger partial charge < -0.3 is 10.2 Å². The van der Waals surface area contributed by atoms with E-state index < -0.39 is 0 Å². The molecule has 0 aliphatic carbocycles. The highest BCUT2D eigenvalue weighted by molar-refractivity contribution is 5.48. The van der Waals surface area contributed by atoms with E-state index in [1.807, 2.05) is 7.05 Å². The molecule has 74 valence electrons. The summed E-state index contributed by atoms with van der Waals surface area (Å²) in [5.41, 5.74) is 1.17. The molecule has 0 saturated carbocycles. The topological polar surface area (TPSA) is 35.6 Å². The number of nitrogens with zero attached hydrogens (tertiary/aromatic N) is 2. The van der Waals surface area contributed by atoms with Crippen molar-refractivity contribution in [3.63, 3.8) is 0 Å². The third kappa shape index (κ3) is 2.73. The molecule has 0 unspecified atom stereocenters. The van der Waals surface area contributed by atoms with E-state index in [1.54, 1.807) is 6.20 Å².